The molecular weight excluding hydrogens is 322 g/mol. The molecule has 138 valence electrons. The minimum atomic E-state index is -0.572. The second-order valence-electron chi connectivity index (χ2n) is 7.36. The molecule has 0 aliphatic carbocycles. The number of hydrogen-bond acceptors (Lipinski definition) is 5. The lowest BCUT2D eigenvalue weighted by Gasteiger charge is -2.37. The van der Waals surface area contributed by atoms with Gasteiger partial charge >= 0.3 is 12.1 Å². The summed E-state index contributed by atoms with van der Waals surface area (Å²) in [4.78, 5) is 26.1. The lowest BCUT2D eigenvalue weighted by molar-refractivity contribution is -0.155. The summed E-state index contributed by atoms with van der Waals surface area (Å²) in [5, 5.41) is 9.64. The minimum Gasteiger partial charge on any atom is -0.461 e. The zero-order valence-electron chi connectivity index (χ0n) is 15.1. The molecule has 1 heterocycles. The first-order valence-corrected chi connectivity index (χ1v) is 8.59. The van der Waals surface area contributed by atoms with Crippen LogP contribution in [0.2, 0.25) is 0 Å². The van der Waals surface area contributed by atoms with Crippen molar-refractivity contribution in [2.75, 3.05) is 19.7 Å². The van der Waals surface area contributed by atoms with Gasteiger partial charge in [0.05, 0.1) is 5.92 Å². The van der Waals surface area contributed by atoms with Gasteiger partial charge in [0.15, 0.2) is 0 Å². The average Bonchev–Trinajstić information content (AvgIpc) is 2.58. The zero-order chi connectivity index (χ0) is 18.4. The van der Waals surface area contributed by atoms with E-state index >= 15 is 0 Å². The number of ether oxygens (including phenoxy) is 2. The topological polar surface area (TPSA) is 76.1 Å². The lowest BCUT2D eigenvalue weighted by atomic mass is 9.86. The van der Waals surface area contributed by atoms with Gasteiger partial charge in [-0.15, -0.1) is 0 Å². The number of benzene rings is 1. The van der Waals surface area contributed by atoms with Crippen molar-refractivity contribution in [3.8, 4) is 0 Å². The van der Waals surface area contributed by atoms with E-state index in [4.69, 9.17) is 9.47 Å². The number of likely N-dealkylation sites (tertiary alicyclic amines) is 1. The standard InChI is InChI=1S/C19H27NO5/c1-19(2,3)25-18(23)20-10-9-16(15(11-20)12-21)17(22)24-13-14-7-5-4-6-8-14/h4-8,15-16,21H,9-13H2,1-3H3/t15-,16+/m1/s1. The third-order valence-corrected chi connectivity index (χ3v) is 4.15. The van der Waals surface area contributed by atoms with Gasteiger partial charge in [-0.3, -0.25) is 4.79 Å². The van der Waals surface area contributed by atoms with Crippen molar-refractivity contribution in [2.45, 2.75) is 39.4 Å². The Hall–Kier alpha value is -2.08. The lowest BCUT2D eigenvalue weighted by Crippen LogP contribution is -2.48. The first kappa shape index (κ1) is 19.2. The number of carbonyl (C=O) groups is 2. The maximum atomic E-state index is 12.4. The van der Waals surface area contributed by atoms with Gasteiger partial charge in [-0.25, -0.2) is 4.79 Å². The Balaban J connectivity index is 1.90. The van der Waals surface area contributed by atoms with Gasteiger partial charge < -0.3 is 19.5 Å². The summed E-state index contributed by atoms with van der Waals surface area (Å²) in [6, 6.07) is 9.46. The van der Waals surface area contributed by atoms with E-state index < -0.39 is 17.6 Å². The molecule has 1 aromatic carbocycles. The fourth-order valence-corrected chi connectivity index (χ4v) is 2.86. The number of aliphatic hydroxyl groups excluding tert-OH is 1. The normalized spacial score (nSPS) is 20.9. The van der Waals surface area contributed by atoms with Crippen molar-refractivity contribution in [3.05, 3.63) is 35.9 Å². The molecular formula is C19H27NO5. The molecule has 1 saturated heterocycles. The molecule has 1 aliphatic heterocycles. The molecule has 0 radical (unpaired) electrons. The largest absolute Gasteiger partial charge is 0.461 e. The van der Waals surface area contributed by atoms with E-state index in [1.54, 1.807) is 4.90 Å². The molecule has 1 amide bonds. The van der Waals surface area contributed by atoms with Gasteiger partial charge in [-0.2, -0.15) is 0 Å². The third-order valence-electron chi connectivity index (χ3n) is 4.15. The first-order valence-electron chi connectivity index (χ1n) is 8.59. The van der Waals surface area contributed by atoms with E-state index in [1.807, 2.05) is 51.1 Å². The quantitative estimate of drug-likeness (QED) is 0.846. The average molecular weight is 349 g/mol. The van der Waals surface area contributed by atoms with Crippen LogP contribution in [0.4, 0.5) is 4.79 Å². The van der Waals surface area contributed by atoms with Gasteiger partial charge in [0.1, 0.15) is 12.2 Å². The monoisotopic (exact) mass is 349 g/mol. The number of piperidine rings is 1. The Morgan fingerprint density at radius 1 is 1.24 bits per heavy atom. The molecule has 0 aromatic heterocycles. The summed E-state index contributed by atoms with van der Waals surface area (Å²) in [5.74, 6) is -1.08. The van der Waals surface area contributed by atoms with E-state index in [-0.39, 0.29) is 31.6 Å². The summed E-state index contributed by atoms with van der Waals surface area (Å²) in [6.45, 7) is 6.16. The second kappa shape index (κ2) is 8.34. The predicted molar refractivity (Wildman–Crippen MR) is 92.7 cm³/mol. The Kier molecular flexibility index (Phi) is 6.42. The smallest absolute Gasteiger partial charge is 0.410 e. The van der Waals surface area contributed by atoms with Crippen LogP contribution >= 0.6 is 0 Å². The molecule has 1 aromatic rings. The maximum absolute atomic E-state index is 12.4. The zero-order valence-corrected chi connectivity index (χ0v) is 15.1. The van der Waals surface area contributed by atoms with Crippen LogP contribution in [0.5, 0.6) is 0 Å². The Morgan fingerprint density at radius 3 is 2.52 bits per heavy atom. The van der Waals surface area contributed by atoms with Crippen LogP contribution in [0.15, 0.2) is 30.3 Å². The van der Waals surface area contributed by atoms with Crippen molar-refractivity contribution in [2.24, 2.45) is 11.8 Å². The van der Waals surface area contributed by atoms with Crippen molar-refractivity contribution in [1.82, 2.24) is 4.90 Å². The Labute approximate surface area is 148 Å². The Bertz CT molecular complexity index is 581. The highest BCUT2D eigenvalue weighted by Crippen LogP contribution is 2.26. The van der Waals surface area contributed by atoms with Crippen LogP contribution in [0.25, 0.3) is 0 Å². The summed E-state index contributed by atoms with van der Waals surface area (Å²) in [6.07, 6.45) is 0.0417. The molecule has 0 saturated carbocycles. The SMILES string of the molecule is CC(C)(C)OC(=O)N1CC[C@H](C(=O)OCc2ccccc2)[C@@H](CO)C1. The van der Waals surface area contributed by atoms with Crippen molar-refractivity contribution < 1.29 is 24.2 Å². The molecule has 0 bridgehead atoms. The Morgan fingerprint density at radius 2 is 1.92 bits per heavy atom. The van der Waals surface area contributed by atoms with Gasteiger partial charge in [-0.1, -0.05) is 30.3 Å². The van der Waals surface area contributed by atoms with Crippen LogP contribution in [-0.2, 0) is 20.9 Å². The summed E-state index contributed by atoms with van der Waals surface area (Å²) >= 11 is 0. The highest BCUT2D eigenvalue weighted by molar-refractivity contribution is 5.74. The van der Waals surface area contributed by atoms with Gasteiger partial charge in [0.2, 0.25) is 0 Å². The number of amides is 1. The van der Waals surface area contributed by atoms with Crippen LogP contribution in [0.1, 0.15) is 32.8 Å². The molecule has 6 heteroatoms. The molecule has 2 atom stereocenters. The number of hydrogen-bond donors (Lipinski definition) is 1. The molecule has 2 rings (SSSR count). The molecule has 25 heavy (non-hydrogen) atoms. The summed E-state index contributed by atoms with van der Waals surface area (Å²) in [5.41, 5.74) is 0.347. The predicted octanol–water partition coefficient (Wildman–Crippen LogP) is 2.60. The van der Waals surface area contributed by atoms with Crippen molar-refractivity contribution in [1.29, 1.82) is 0 Å². The maximum Gasteiger partial charge on any atom is 0.410 e. The molecule has 0 unspecified atom stereocenters. The molecule has 0 spiro atoms. The molecule has 1 N–H and O–H groups in total. The number of nitrogens with zero attached hydrogens (tertiary/aromatic N) is 1. The van der Waals surface area contributed by atoms with Crippen LogP contribution in [0.3, 0.4) is 0 Å². The second-order valence-corrected chi connectivity index (χ2v) is 7.36. The number of esters is 1. The van der Waals surface area contributed by atoms with Gasteiger partial charge in [0, 0.05) is 25.6 Å². The van der Waals surface area contributed by atoms with E-state index in [0.717, 1.165) is 5.56 Å². The van der Waals surface area contributed by atoms with Crippen LogP contribution in [0, 0.1) is 11.8 Å². The first-order chi connectivity index (χ1) is 11.8. The van der Waals surface area contributed by atoms with Crippen molar-refractivity contribution >= 4 is 12.1 Å². The third kappa shape index (κ3) is 5.74. The van der Waals surface area contributed by atoms with E-state index in [9.17, 15) is 14.7 Å². The number of carbonyl (C=O) groups excluding carboxylic acids is 2. The van der Waals surface area contributed by atoms with Crippen LogP contribution in [-0.4, -0.2) is 47.4 Å². The van der Waals surface area contributed by atoms with E-state index in [0.29, 0.717) is 13.0 Å². The van der Waals surface area contributed by atoms with Gasteiger partial charge in [-0.05, 0) is 32.8 Å². The summed E-state index contributed by atoms with van der Waals surface area (Å²) in [7, 11) is 0. The van der Waals surface area contributed by atoms with Gasteiger partial charge in [0.25, 0.3) is 0 Å². The minimum absolute atomic E-state index is 0.176. The van der Waals surface area contributed by atoms with E-state index in [1.165, 1.54) is 0 Å². The number of rotatable bonds is 4. The fourth-order valence-electron chi connectivity index (χ4n) is 2.86. The summed E-state index contributed by atoms with van der Waals surface area (Å²) < 4.78 is 10.8. The van der Waals surface area contributed by atoms with Crippen molar-refractivity contribution in [3.63, 3.8) is 0 Å². The highest BCUT2D eigenvalue weighted by atomic mass is 16.6. The molecule has 6 nitrogen and oxygen atoms in total. The van der Waals surface area contributed by atoms with E-state index in [2.05, 4.69) is 0 Å². The van der Waals surface area contributed by atoms with Crippen LogP contribution < -0.4 is 0 Å². The molecule has 1 fully saturated rings. The number of aliphatic hydroxyl groups is 1. The fraction of sp³-hybridized carbons (Fsp3) is 0.579. The highest BCUT2D eigenvalue weighted by Gasteiger charge is 2.37. The molecule has 1 aliphatic rings.